The number of aliphatic hydroxyl groups is 1. The largest absolute Gasteiger partial charge is 0.449 e. The lowest BCUT2D eigenvalue weighted by atomic mass is 10.2. The van der Waals surface area contributed by atoms with Gasteiger partial charge in [-0.2, -0.15) is 4.98 Å². The lowest BCUT2D eigenvalue weighted by Crippen LogP contribution is -2.30. The van der Waals surface area contributed by atoms with Crippen LogP contribution in [0.5, 0.6) is 0 Å². The van der Waals surface area contributed by atoms with Crippen molar-refractivity contribution < 1.29 is 18.8 Å². The maximum atomic E-state index is 12.8. The van der Waals surface area contributed by atoms with Gasteiger partial charge in [-0.25, -0.2) is 18.7 Å². The Kier molecular flexibility index (Phi) is 9.54. The standard InChI is InChI=1S/C27H32N6O4S/c1-6-37-27(35)32-38(5,36)24-15-11-22(12-16-24)30-26-28-17-21(25(31-26)29-19(2)18-34)10-7-20-8-13-23(14-9-20)33(3)4/h8-9,11-17,19,34H,5-6,18H2,1-4H3,(H,32,35,36)(H2,28,29,30,31)/t19-,38?/m1/s1. The fourth-order valence-electron chi connectivity index (χ4n) is 3.15. The van der Waals surface area contributed by atoms with Crippen LogP contribution >= 0.6 is 0 Å². The third-order valence-corrected chi connectivity index (χ3v) is 6.72. The van der Waals surface area contributed by atoms with Crippen molar-refractivity contribution in [1.82, 2.24) is 14.7 Å². The number of hydrogen-bond acceptors (Lipinski definition) is 9. The molecule has 11 heteroatoms. The highest BCUT2D eigenvalue weighted by atomic mass is 32.2. The number of aliphatic hydroxyl groups excluding tert-OH is 1. The molecule has 0 radical (unpaired) electrons. The molecule has 0 spiro atoms. The van der Waals surface area contributed by atoms with Crippen LogP contribution in [-0.4, -0.2) is 64.6 Å². The molecule has 1 unspecified atom stereocenters. The van der Waals surface area contributed by atoms with Crippen molar-refractivity contribution in [1.29, 1.82) is 0 Å². The lowest BCUT2D eigenvalue weighted by molar-refractivity contribution is 0.159. The Balaban J connectivity index is 1.80. The van der Waals surface area contributed by atoms with Gasteiger partial charge in [-0.15, -0.1) is 0 Å². The topological polar surface area (TPSA) is 129 Å². The normalized spacial score (nSPS) is 12.8. The van der Waals surface area contributed by atoms with Gasteiger partial charge in [0.15, 0.2) is 0 Å². The van der Waals surface area contributed by atoms with Gasteiger partial charge >= 0.3 is 6.09 Å². The van der Waals surface area contributed by atoms with Crippen LogP contribution in [0.25, 0.3) is 0 Å². The molecular weight excluding hydrogens is 504 g/mol. The minimum absolute atomic E-state index is 0.0861. The van der Waals surface area contributed by atoms with E-state index in [1.165, 1.54) is 0 Å². The smallest absolute Gasteiger partial charge is 0.418 e. The van der Waals surface area contributed by atoms with E-state index < -0.39 is 15.8 Å². The van der Waals surface area contributed by atoms with Crippen LogP contribution in [0.2, 0.25) is 0 Å². The Morgan fingerprint density at radius 2 is 1.84 bits per heavy atom. The molecule has 2 aromatic carbocycles. The van der Waals surface area contributed by atoms with Gasteiger partial charge in [-0.05, 0) is 68.2 Å². The molecule has 200 valence electrons. The number of rotatable bonds is 9. The monoisotopic (exact) mass is 536 g/mol. The molecule has 4 N–H and O–H groups in total. The van der Waals surface area contributed by atoms with E-state index in [0.717, 1.165) is 11.3 Å². The van der Waals surface area contributed by atoms with Crippen LogP contribution in [0.15, 0.2) is 59.6 Å². The molecular formula is C27H32N6O4S. The first kappa shape index (κ1) is 28.3. The molecule has 0 aliphatic rings. The summed E-state index contributed by atoms with van der Waals surface area (Å²) in [5, 5.41) is 15.8. The summed E-state index contributed by atoms with van der Waals surface area (Å²) in [5.74, 6) is 10.6. The number of amides is 1. The van der Waals surface area contributed by atoms with Crippen molar-refractivity contribution in [2.75, 3.05) is 42.8 Å². The van der Waals surface area contributed by atoms with E-state index in [9.17, 15) is 14.1 Å². The zero-order valence-corrected chi connectivity index (χ0v) is 22.6. The van der Waals surface area contributed by atoms with Crippen LogP contribution in [0.4, 0.5) is 27.9 Å². The van der Waals surface area contributed by atoms with E-state index in [4.69, 9.17) is 4.74 Å². The highest BCUT2D eigenvalue weighted by Crippen LogP contribution is 2.20. The first-order valence-electron chi connectivity index (χ1n) is 11.8. The molecule has 0 saturated carbocycles. The van der Waals surface area contributed by atoms with Crippen molar-refractivity contribution >= 4 is 44.8 Å². The summed E-state index contributed by atoms with van der Waals surface area (Å²) in [6.45, 7) is 3.55. The molecule has 10 nitrogen and oxygen atoms in total. The van der Waals surface area contributed by atoms with E-state index in [-0.39, 0.29) is 19.3 Å². The number of nitrogens with zero attached hydrogens (tertiary/aromatic N) is 3. The minimum Gasteiger partial charge on any atom is -0.449 e. The average Bonchev–Trinajstić information content (AvgIpc) is 2.88. The number of aromatic nitrogens is 2. The molecule has 1 amide bonds. The van der Waals surface area contributed by atoms with Crippen molar-refractivity contribution in [2.24, 2.45) is 0 Å². The first-order valence-corrected chi connectivity index (χ1v) is 13.6. The second-order valence-electron chi connectivity index (χ2n) is 8.52. The Morgan fingerprint density at radius 3 is 2.45 bits per heavy atom. The summed E-state index contributed by atoms with van der Waals surface area (Å²) in [7, 11) is 0.883. The summed E-state index contributed by atoms with van der Waals surface area (Å²) in [4.78, 5) is 22.9. The molecule has 1 heterocycles. The average molecular weight is 537 g/mol. The minimum atomic E-state index is -3.07. The van der Waals surface area contributed by atoms with Crippen LogP contribution in [0, 0.1) is 11.8 Å². The number of ether oxygens (including phenoxy) is 1. The third-order valence-electron chi connectivity index (χ3n) is 5.19. The summed E-state index contributed by atoms with van der Waals surface area (Å²) >= 11 is 0. The first-order chi connectivity index (χ1) is 18.1. The number of carbonyl (C=O) groups excluding carboxylic acids is 1. The molecule has 0 aliphatic heterocycles. The van der Waals surface area contributed by atoms with Gasteiger partial charge in [0, 0.05) is 42.0 Å². The zero-order valence-electron chi connectivity index (χ0n) is 21.8. The van der Waals surface area contributed by atoms with E-state index in [2.05, 4.69) is 43.0 Å². The summed E-state index contributed by atoms with van der Waals surface area (Å²) < 4.78 is 19.8. The lowest BCUT2D eigenvalue weighted by Gasteiger charge is -2.15. The quantitative estimate of drug-likeness (QED) is 0.241. The number of nitrogens with one attached hydrogen (secondary N) is 3. The predicted molar refractivity (Wildman–Crippen MR) is 152 cm³/mol. The van der Waals surface area contributed by atoms with Crippen LogP contribution in [0.3, 0.4) is 0 Å². The predicted octanol–water partition coefficient (Wildman–Crippen LogP) is 3.22. The highest BCUT2D eigenvalue weighted by Gasteiger charge is 2.13. The van der Waals surface area contributed by atoms with Crippen molar-refractivity contribution in [3.8, 4) is 11.8 Å². The maximum Gasteiger partial charge on any atom is 0.418 e. The van der Waals surface area contributed by atoms with Crippen molar-refractivity contribution in [2.45, 2.75) is 24.8 Å². The van der Waals surface area contributed by atoms with Crippen molar-refractivity contribution in [3.05, 3.63) is 65.9 Å². The van der Waals surface area contributed by atoms with Gasteiger partial charge in [0.1, 0.15) is 5.82 Å². The zero-order chi connectivity index (χ0) is 27.7. The molecule has 2 atom stereocenters. The fraction of sp³-hybridized carbons (Fsp3) is 0.259. The third kappa shape index (κ3) is 7.86. The Labute approximate surface area is 223 Å². The summed E-state index contributed by atoms with van der Waals surface area (Å²) in [6.07, 6.45) is 0.803. The molecule has 0 fully saturated rings. The van der Waals surface area contributed by atoms with Gasteiger partial charge in [-0.3, -0.25) is 0 Å². The Morgan fingerprint density at radius 1 is 1.16 bits per heavy atom. The van der Waals surface area contributed by atoms with E-state index in [1.54, 1.807) is 37.4 Å². The molecule has 1 aromatic heterocycles. The van der Waals surface area contributed by atoms with Crippen LogP contribution in [-0.2, 0) is 14.4 Å². The number of hydrogen-bond donors (Lipinski definition) is 4. The Hall–Kier alpha value is -4.27. The molecule has 0 bridgehead atoms. The highest BCUT2D eigenvalue weighted by molar-refractivity contribution is 7.99. The van der Waals surface area contributed by atoms with Gasteiger partial charge in [0.05, 0.1) is 34.7 Å². The second kappa shape index (κ2) is 12.8. The van der Waals surface area contributed by atoms with E-state index in [0.29, 0.717) is 27.9 Å². The summed E-state index contributed by atoms with van der Waals surface area (Å²) in [6, 6.07) is 14.1. The SMILES string of the molecule is C=S(=O)(NC(=O)OCC)c1ccc(Nc2ncc(C#Cc3ccc(N(C)C)cc3)c(N[C@H](C)CO)n2)cc1. The van der Waals surface area contributed by atoms with Gasteiger partial charge in [-0.1, -0.05) is 11.8 Å². The van der Waals surface area contributed by atoms with Gasteiger partial charge in [0.25, 0.3) is 0 Å². The molecule has 3 rings (SSSR count). The fourth-order valence-corrected chi connectivity index (χ4v) is 4.17. The molecule has 3 aromatic rings. The van der Waals surface area contributed by atoms with Gasteiger partial charge in [0.2, 0.25) is 5.95 Å². The molecule has 0 aliphatic carbocycles. The molecule has 0 saturated heterocycles. The van der Waals surface area contributed by atoms with E-state index >= 15 is 0 Å². The molecule has 38 heavy (non-hydrogen) atoms. The van der Waals surface area contributed by atoms with Crippen LogP contribution < -0.4 is 20.3 Å². The summed E-state index contributed by atoms with van der Waals surface area (Å²) in [5.41, 5.74) is 3.12. The number of benzene rings is 2. The van der Waals surface area contributed by atoms with E-state index in [1.807, 2.05) is 50.2 Å². The van der Waals surface area contributed by atoms with Crippen molar-refractivity contribution in [3.63, 3.8) is 0 Å². The van der Waals surface area contributed by atoms with Crippen LogP contribution in [0.1, 0.15) is 25.0 Å². The number of anilines is 4. The Bertz CT molecular complexity index is 1410. The maximum absolute atomic E-state index is 12.8. The van der Waals surface area contributed by atoms with Gasteiger partial charge < -0.3 is 25.4 Å². The number of carbonyl (C=O) groups is 1. The second-order valence-corrected chi connectivity index (χ2v) is 10.5.